The predicted molar refractivity (Wildman–Crippen MR) is 82.1 cm³/mol. The second kappa shape index (κ2) is 13.2. The van der Waals surface area contributed by atoms with Crippen molar-refractivity contribution in [2.75, 3.05) is 13.2 Å². The summed E-state index contributed by atoms with van der Waals surface area (Å²) in [5, 5.41) is 0.330. The van der Waals surface area contributed by atoms with Crippen molar-refractivity contribution in [3.8, 4) is 0 Å². The third-order valence-electron chi connectivity index (χ3n) is 3.62. The number of rotatable bonds is 14. The maximum atomic E-state index is 11.5. The fourth-order valence-corrected chi connectivity index (χ4v) is 2.62. The Bertz CT molecular complexity index is 200. The monoisotopic (exact) mass is 288 g/mol. The van der Waals surface area contributed by atoms with Crippen molar-refractivity contribution in [3.05, 3.63) is 4.91 Å². The molecule has 0 amide bonds. The van der Waals surface area contributed by atoms with E-state index in [0.29, 0.717) is 30.1 Å². The van der Waals surface area contributed by atoms with Crippen LogP contribution < -0.4 is 0 Å². The van der Waals surface area contributed by atoms with E-state index >= 15 is 0 Å². The molecule has 0 N–H and O–H groups in total. The van der Waals surface area contributed by atoms with Crippen LogP contribution in [0.15, 0.2) is 0 Å². The lowest BCUT2D eigenvalue weighted by Crippen LogP contribution is -2.20. The van der Waals surface area contributed by atoms with Crippen LogP contribution in [-0.4, -0.2) is 18.3 Å². The van der Waals surface area contributed by atoms with E-state index in [1.54, 1.807) is 0 Å². The molecule has 0 spiro atoms. The SMILES string of the molecule is CCCC(CCC)CO[N+](=O)OCC(CCC)CCC. The van der Waals surface area contributed by atoms with Gasteiger partial charge in [-0.1, -0.05) is 53.4 Å². The molecule has 0 bridgehead atoms. The largest absolute Gasteiger partial charge is 0.477 e. The number of nitrogens with zero attached hydrogens (tertiary/aromatic N) is 1. The Balaban J connectivity index is 3.89. The van der Waals surface area contributed by atoms with Crippen molar-refractivity contribution in [1.29, 1.82) is 0 Å². The van der Waals surface area contributed by atoms with Crippen LogP contribution >= 0.6 is 0 Å². The molecule has 0 saturated carbocycles. The van der Waals surface area contributed by atoms with Crippen molar-refractivity contribution >= 4 is 0 Å². The molecule has 0 fully saturated rings. The van der Waals surface area contributed by atoms with Crippen LogP contribution in [0.4, 0.5) is 0 Å². The Morgan fingerprint density at radius 1 is 0.700 bits per heavy atom. The van der Waals surface area contributed by atoms with Crippen LogP contribution in [0.5, 0.6) is 0 Å². The Kier molecular flexibility index (Phi) is 12.7. The van der Waals surface area contributed by atoms with Gasteiger partial charge >= 0.3 is 5.09 Å². The molecular weight excluding hydrogens is 254 g/mol. The van der Waals surface area contributed by atoms with E-state index in [1.807, 2.05) is 0 Å². The highest BCUT2D eigenvalue weighted by atomic mass is 17.0. The second-order valence-corrected chi connectivity index (χ2v) is 5.70. The first kappa shape index (κ1) is 19.2. The van der Waals surface area contributed by atoms with Gasteiger partial charge in [-0.3, -0.25) is 0 Å². The van der Waals surface area contributed by atoms with Gasteiger partial charge < -0.3 is 0 Å². The zero-order valence-electron chi connectivity index (χ0n) is 13.9. The van der Waals surface area contributed by atoms with Gasteiger partial charge in [-0.25, -0.2) is 0 Å². The Morgan fingerprint density at radius 2 is 1.00 bits per heavy atom. The smallest absolute Gasteiger partial charge is 0.186 e. The van der Waals surface area contributed by atoms with Crippen LogP contribution in [0.2, 0.25) is 0 Å². The first-order valence-corrected chi connectivity index (χ1v) is 8.40. The van der Waals surface area contributed by atoms with Gasteiger partial charge in [0.15, 0.2) is 13.2 Å². The molecule has 0 unspecified atom stereocenters. The van der Waals surface area contributed by atoms with Gasteiger partial charge in [-0.15, -0.1) is 0 Å². The van der Waals surface area contributed by atoms with E-state index in [4.69, 9.17) is 9.68 Å². The van der Waals surface area contributed by atoms with Crippen LogP contribution in [-0.2, 0) is 9.68 Å². The van der Waals surface area contributed by atoms with Crippen molar-refractivity contribution < 1.29 is 14.8 Å². The van der Waals surface area contributed by atoms with Gasteiger partial charge in [0.05, 0.1) is 0 Å². The van der Waals surface area contributed by atoms with Gasteiger partial charge in [0.2, 0.25) is 0 Å². The first-order chi connectivity index (χ1) is 9.67. The summed E-state index contributed by atoms with van der Waals surface area (Å²) in [7, 11) is 0. The van der Waals surface area contributed by atoms with E-state index in [2.05, 4.69) is 27.7 Å². The van der Waals surface area contributed by atoms with Crippen molar-refractivity contribution in [3.63, 3.8) is 0 Å². The Hall–Kier alpha value is -0.800. The maximum Gasteiger partial charge on any atom is 0.477 e. The molecule has 0 heterocycles. The van der Waals surface area contributed by atoms with Gasteiger partial charge in [0, 0.05) is 11.8 Å². The standard InChI is InChI=1S/C16H34NO3/c1-5-9-15(10-6-2)13-19-17(18)20-14-16(11-7-3)12-8-4/h15-16H,5-14H2,1-4H3/q+1. The zero-order valence-corrected chi connectivity index (χ0v) is 13.9. The summed E-state index contributed by atoms with van der Waals surface area (Å²) in [6, 6.07) is 0. The first-order valence-electron chi connectivity index (χ1n) is 8.40. The van der Waals surface area contributed by atoms with Gasteiger partial charge in [-0.2, -0.15) is 9.68 Å². The van der Waals surface area contributed by atoms with Gasteiger partial charge in [-0.05, 0) is 25.7 Å². The van der Waals surface area contributed by atoms with Crippen LogP contribution in [0.25, 0.3) is 0 Å². The van der Waals surface area contributed by atoms with E-state index < -0.39 is 0 Å². The molecule has 0 aliphatic carbocycles. The molecule has 0 rings (SSSR count). The highest BCUT2D eigenvalue weighted by Crippen LogP contribution is 2.15. The van der Waals surface area contributed by atoms with Gasteiger partial charge in [0.1, 0.15) is 4.91 Å². The molecule has 0 saturated heterocycles. The number of hydrogen-bond donors (Lipinski definition) is 0. The lowest BCUT2D eigenvalue weighted by molar-refractivity contribution is -0.982. The summed E-state index contributed by atoms with van der Waals surface area (Å²) in [6.45, 7) is 9.58. The maximum absolute atomic E-state index is 11.5. The Morgan fingerprint density at radius 3 is 1.25 bits per heavy atom. The zero-order chi connectivity index (χ0) is 15.2. The molecule has 20 heavy (non-hydrogen) atoms. The third-order valence-corrected chi connectivity index (χ3v) is 3.62. The lowest BCUT2D eigenvalue weighted by Gasteiger charge is -2.12. The average Bonchev–Trinajstić information content (AvgIpc) is 2.43. The molecule has 0 aromatic carbocycles. The van der Waals surface area contributed by atoms with E-state index in [0.717, 1.165) is 51.4 Å². The molecule has 0 aromatic rings. The van der Waals surface area contributed by atoms with Crippen LogP contribution in [0.1, 0.15) is 79.1 Å². The lowest BCUT2D eigenvalue weighted by atomic mass is 10.00. The van der Waals surface area contributed by atoms with Gasteiger partial charge in [0.25, 0.3) is 0 Å². The second-order valence-electron chi connectivity index (χ2n) is 5.70. The minimum atomic E-state index is 0.330. The highest BCUT2D eigenvalue weighted by Gasteiger charge is 2.20. The summed E-state index contributed by atoms with van der Waals surface area (Å²) in [5.41, 5.74) is 0. The molecular formula is C16H34NO3+. The molecule has 120 valence electrons. The summed E-state index contributed by atoms with van der Waals surface area (Å²) in [5.74, 6) is 0.930. The quantitative estimate of drug-likeness (QED) is 0.419. The van der Waals surface area contributed by atoms with Crippen molar-refractivity contribution in [2.45, 2.75) is 79.1 Å². The average molecular weight is 288 g/mol. The fourth-order valence-electron chi connectivity index (χ4n) is 2.62. The molecule has 0 aliphatic heterocycles. The Labute approximate surface area is 124 Å². The molecule has 0 aliphatic rings. The fraction of sp³-hybridized carbons (Fsp3) is 1.00. The third kappa shape index (κ3) is 10.0. The molecule has 0 radical (unpaired) electrons. The summed E-state index contributed by atoms with van der Waals surface area (Å²) < 4.78 is 0. The van der Waals surface area contributed by atoms with E-state index in [-0.39, 0.29) is 0 Å². The molecule has 4 nitrogen and oxygen atoms in total. The normalized spacial score (nSPS) is 11.1. The highest BCUT2D eigenvalue weighted by molar-refractivity contribution is 4.56. The predicted octanol–water partition coefficient (Wildman–Crippen LogP) is 5.06. The van der Waals surface area contributed by atoms with E-state index in [9.17, 15) is 4.91 Å². The summed E-state index contributed by atoms with van der Waals surface area (Å²) >= 11 is 0. The number of hydrogen-bond acceptors (Lipinski definition) is 3. The topological polar surface area (TPSA) is 38.5 Å². The molecule has 0 aromatic heterocycles. The van der Waals surface area contributed by atoms with Crippen LogP contribution in [0.3, 0.4) is 0 Å². The van der Waals surface area contributed by atoms with E-state index in [1.165, 1.54) is 0 Å². The minimum Gasteiger partial charge on any atom is -0.186 e. The van der Waals surface area contributed by atoms with Crippen LogP contribution in [0, 0.1) is 16.7 Å². The molecule has 0 atom stereocenters. The van der Waals surface area contributed by atoms with Crippen molar-refractivity contribution in [2.24, 2.45) is 11.8 Å². The summed E-state index contributed by atoms with van der Waals surface area (Å²) in [4.78, 5) is 21.9. The minimum absolute atomic E-state index is 0.330. The molecule has 4 heteroatoms. The summed E-state index contributed by atoms with van der Waals surface area (Å²) in [6.07, 6.45) is 8.94. The van der Waals surface area contributed by atoms with Crippen molar-refractivity contribution in [1.82, 2.24) is 0 Å².